The van der Waals surface area contributed by atoms with Crippen LogP contribution in [-0.4, -0.2) is 93.6 Å². The largest absolute Gasteiger partial charge is 0.510 e. The number of nitrogens with zero attached hydrogens (tertiary/aromatic N) is 2. The molecule has 0 spiro atoms. The molecule has 1 amide bonds. The van der Waals surface area contributed by atoms with Crippen molar-refractivity contribution in [3.8, 4) is 22.6 Å². The molecule has 6 rings (SSSR count). The van der Waals surface area contributed by atoms with Crippen LogP contribution in [0.5, 0.6) is 11.5 Å². The molecule has 0 unspecified atom stereocenters. The van der Waals surface area contributed by atoms with Crippen molar-refractivity contribution in [1.29, 1.82) is 0 Å². The third kappa shape index (κ3) is 4.47. The molecule has 11 nitrogen and oxygen atoms in total. The molecule has 3 aliphatic carbocycles. The van der Waals surface area contributed by atoms with Crippen molar-refractivity contribution in [3.63, 3.8) is 0 Å². The number of phenolic OH excluding ortho intramolecular Hbond substituents is 1. The summed E-state index contributed by atoms with van der Waals surface area (Å²) < 4.78 is 5.63. The van der Waals surface area contributed by atoms with Gasteiger partial charge in [0.05, 0.1) is 18.7 Å². The first-order valence-corrected chi connectivity index (χ1v) is 15.2. The van der Waals surface area contributed by atoms with Crippen molar-refractivity contribution in [2.45, 2.75) is 50.3 Å². The number of likely N-dealkylation sites (tertiary alicyclic amines) is 1. The zero-order valence-electron chi connectivity index (χ0n) is 25.8. The number of benzene rings is 2. The lowest BCUT2D eigenvalue weighted by molar-refractivity contribution is -0.148. The number of hydrogen-bond donors (Lipinski definition) is 5. The van der Waals surface area contributed by atoms with E-state index in [-0.39, 0.29) is 23.3 Å². The molecule has 0 saturated carbocycles. The number of ether oxygens (including phenoxy) is 1. The number of ketones is 2. The number of aromatic hydroxyl groups is 1. The highest BCUT2D eigenvalue weighted by atomic mass is 16.5. The number of phenols is 1. The predicted octanol–water partition coefficient (Wildman–Crippen LogP) is 2.95. The molecule has 1 saturated heterocycles. The number of aliphatic hydroxyl groups excluding tert-OH is 2. The normalized spacial score (nSPS) is 28.3. The molecule has 238 valence electrons. The Morgan fingerprint density at radius 2 is 1.78 bits per heavy atom. The number of allylic oxidation sites excluding steroid dienone is 1. The number of aliphatic hydroxyl groups is 3. The number of likely N-dealkylation sites (N-methyl/N-ethyl adjacent to an activating group) is 1. The van der Waals surface area contributed by atoms with E-state index in [1.807, 2.05) is 25.1 Å². The van der Waals surface area contributed by atoms with Crippen molar-refractivity contribution < 1.29 is 39.5 Å². The molecule has 0 radical (unpaired) electrons. The number of hydrogen-bond acceptors (Lipinski definition) is 10. The minimum atomic E-state index is -2.69. The van der Waals surface area contributed by atoms with Crippen molar-refractivity contribution in [2.75, 3.05) is 34.3 Å². The van der Waals surface area contributed by atoms with Crippen LogP contribution in [0.25, 0.3) is 11.1 Å². The lowest BCUT2D eigenvalue weighted by Gasteiger charge is -2.51. The summed E-state index contributed by atoms with van der Waals surface area (Å²) >= 11 is 0. The van der Waals surface area contributed by atoms with Gasteiger partial charge in [0.25, 0.3) is 5.91 Å². The number of Topliss-reactive ketones (excluding diaryl/α,β-unsaturated/α-hetero) is 2. The molecule has 11 heteroatoms. The Labute approximate surface area is 261 Å². The lowest BCUT2D eigenvalue weighted by atomic mass is 9.56. The smallest absolute Gasteiger partial charge is 0.255 e. The van der Waals surface area contributed by atoms with E-state index in [1.165, 1.54) is 12.0 Å². The molecule has 2 aromatic rings. The molecule has 1 heterocycles. The van der Waals surface area contributed by atoms with Crippen molar-refractivity contribution in [1.82, 2.24) is 9.80 Å². The number of rotatable bonds is 6. The summed E-state index contributed by atoms with van der Waals surface area (Å²) in [6.07, 6.45) is 2.33. The summed E-state index contributed by atoms with van der Waals surface area (Å²) in [6.45, 7) is 4.61. The Morgan fingerprint density at radius 1 is 1.09 bits per heavy atom. The van der Waals surface area contributed by atoms with Crippen LogP contribution in [0.15, 0.2) is 53.0 Å². The number of amides is 1. The van der Waals surface area contributed by atoms with Gasteiger partial charge in [-0.25, -0.2) is 0 Å². The Morgan fingerprint density at radius 3 is 2.40 bits per heavy atom. The number of primary amides is 1. The maximum Gasteiger partial charge on any atom is 0.255 e. The molecule has 2 aromatic carbocycles. The van der Waals surface area contributed by atoms with Gasteiger partial charge in [0.2, 0.25) is 5.78 Å². The van der Waals surface area contributed by atoms with E-state index in [4.69, 9.17) is 10.5 Å². The number of carbonyl (C=O) groups is 3. The van der Waals surface area contributed by atoms with E-state index in [9.17, 15) is 34.8 Å². The van der Waals surface area contributed by atoms with Crippen LogP contribution in [0, 0.1) is 11.8 Å². The summed E-state index contributed by atoms with van der Waals surface area (Å²) in [6, 6.07) is 8.24. The number of nitrogens with two attached hydrogens (primary N) is 1. The number of fused-ring (bicyclic) bond motifs is 3. The van der Waals surface area contributed by atoms with Gasteiger partial charge in [0.15, 0.2) is 11.4 Å². The van der Waals surface area contributed by atoms with E-state index in [1.54, 1.807) is 26.2 Å². The van der Waals surface area contributed by atoms with E-state index >= 15 is 0 Å². The van der Waals surface area contributed by atoms with Gasteiger partial charge in [-0.1, -0.05) is 25.1 Å². The second kappa shape index (κ2) is 11.0. The SMILES string of the molecule is COc1ccc(CN2CCCC2)cc1-c1ccc2c(c1O)C(=O)C1=C(O)[C@]3(O)C(=O)C(C(N)=O)=C(O)[C@@H](N(C)C)[C@@H]3C[C@@H]1[C@H]2C. The second-order valence-corrected chi connectivity index (χ2v) is 12.9. The van der Waals surface area contributed by atoms with Crippen LogP contribution < -0.4 is 10.5 Å². The summed E-state index contributed by atoms with van der Waals surface area (Å²) in [7, 11) is 4.73. The quantitative estimate of drug-likeness (QED) is 0.303. The van der Waals surface area contributed by atoms with Gasteiger partial charge in [-0.15, -0.1) is 0 Å². The van der Waals surface area contributed by atoms with Crippen LogP contribution in [0.4, 0.5) is 0 Å². The minimum absolute atomic E-state index is 0.0296. The Bertz CT molecular complexity index is 1690. The summed E-state index contributed by atoms with van der Waals surface area (Å²) in [4.78, 5) is 44.0. The molecule has 5 atom stereocenters. The number of methoxy groups -OCH3 is 1. The topological polar surface area (TPSA) is 174 Å². The van der Waals surface area contributed by atoms with Crippen LogP contribution in [0.3, 0.4) is 0 Å². The highest BCUT2D eigenvalue weighted by Crippen LogP contribution is 2.56. The first-order valence-electron chi connectivity index (χ1n) is 15.2. The molecule has 0 aromatic heterocycles. The van der Waals surface area contributed by atoms with Gasteiger partial charge in [-0.3, -0.25) is 24.2 Å². The van der Waals surface area contributed by atoms with Crippen LogP contribution in [0.1, 0.15) is 53.6 Å². The fourth-order valence-electron chi connectivity index (χ4n) is 8.03. The Balaban J connectivity index is 1.49. The molecule has 4 aliphatic rings. The third-order valence-electron chi connectivity index (χ3n) is 10.3. The van der Waals surface area contributed by atoms with E-state index < -0.39 is 64.0 Å². The summed E-state index contributed by atoms with van der Waals surface area (Å²) in [5.41, 5.74) is 4.24. The van der Waals surface area contributed by atoms with Crippen LogP contribution in [-0.2, 0) is 16.1 Å². The maximum absolute atomic E-state index is 14.3. The van der Waals surface area contributed by atoms with E-state index in [0.29, 0.717) is 22.4 Å². The highest BCUT2D eigenvalue weighted by Gasteiger charge is 2.64. The monoisotopic (exact) mass is 617 g/mol. The average Bonchev–Trinajstić information content (AvgIpc) is 3.50. The Hall–Kier alpha value is -4.19. The number of carbonyl (C=O) groups excluding carboxylic acids is 3. The molecule has 1 aliphatic heterocycles. The minimum Gasteiger partial charge on any atom is -0.510 e. The zero-order valence-corrected chi connectivity index (χ0v) is 25.8. The maximum atomic E-state index is 14.3. The van der Waals surface area contributed by atoms with Gasteiger partial charge < -0.3 is 30.9 Å². The van der Waals surface area contributed by atoms with E-state index in [0.717, 1.165) is 38.0 Å². The average molecular weight is 618 g/mol. The molecule has 0 bridgehead atoms. The van der Waals surface area contributed by atoms with Gasteiger partial charge in [0, 0.05) is 29.2 Å². The van der Waals surface area contributed by atoms with E-state index in [2.05, 4.69) is 4.90 Å². The second-order valence-electron chi connectivity index (χ2n) is 12.9. The molecule has 1 fully saturated rings. The van der Waals surface area contributed by atoms with Gasteiger partial charge in [-0.05, 0) is 81.5 Å². The third-order valence-corrected chi connectivity index (χ3v) is 10.3. The Kier molecular flexibility index (Phi) is 7.54. The van der Waals surface area contributed by atoms with Gasteiger partial charge in [-0.2, -0.15) is 0 Å². The first kappa shape index (κ1) is 30.8. The molecular weight excluding hydrogens is 578 g/mol. The first-order chi connectivity index (χ1) is 21.3. The standard InChI is InChI=1S/C34H39N3O8/c1-16-18-8-9-19(21-13-17(7-10-23(21)45-4)15-37-11-5-6-12-37)28(38)24(18)29(39)25-20(16)14-22-27(36(2)3)30(40)26(33(35)43)32(42)34(22,44)31(25)41/h7-10,13,16,20,22,27,38,40-41,44H,5-6,11-12,14-15H2,1-4H3,(H2,35,43)/t16-,20+,22-,27-,34-/m0/s1. The predicted molar refractivity (Wildman–Crippen MR) is 165 cm³/mol. The van der Waals surface area contributed by atoms with Crippen LogP contribution in [0.2, 0.25) is 0 Å². The zero-order chi connectivity index (χ0) is 32.5. The summed E-state index contributed by atoms with van der Waals surface area (Å²) in [5.74, 6) is -6.68. The van der Waals surface area contributed by atoms with Gasteiger partial charge >= 0.3 is 0 Å². The van der Waals surface area contributed by atoms with Crippen molar-refractivity contribution >= 4 is 17.5 Å². The molecular formula is C34H39N3O8. The van der Waals surface area contributed by atoms with Crippen molar-refractivity contribution in [2.24, 2.45) is 17.6 Å². The fourth-order valence-corrected chi connectivity index (χ4v) is 8.03. The highest BCUT2D eigenvalue weighted by molar-refractivity contribution is 6.25. The molecule has 45 heavy (non-hydrogen) atoms. The lowest BCUT2D eigenvalue weighted by Crippen LogP contribution is -2.64. The van der Waals surface area contributed by atoms with Gasteiger partial charge in [0.1, 0.15) is 28.6 Å². The van der Waals surface area contributed by atoms with Crippen LogP contribution >= 0.6 is 0 Å². The van der Waals surface area contributed by atoms with Crippen molar-refractivity contribution in [3.05, 3.63) is 69.7 Å². The summed E-state index contributed by atoms with van der Waals surface area (Å²) in [5, 5.41) is 46.3. The fraction of sp³-hybridized carbons (Fsp3) is 0.441. The molecule has 6 N–H and O–H groups in total.